The van der Waals surface area contributed by atoms with E-state index in [-0.39, 0.29) is 18.2 Å². The van der Waals surface area contributed by atoms with Gasteiger partial charge < -0.3 is 4.90 Å². The Labute approximate surface area is 108 Å². The Morgan fingerprint density at radius 3 is 2.67 bits per heavy atom. The van der Waals surface area contributed by atoms with Gasteiger partial charge in [-0.15, -0.1) is 0 Å². The van der Waals surface area contributed by atoms with Crippen LogP contribution in [0.15, 0.2) is 18.2 Å². The molecule has 1 unspecified atom stereocenters. The highest BCUT2D eigenvalue weighted by Crippen LogP contribution is 2.18. The standard InChI is InChI=1S/C15H19NO2/c1-10-4-5-13(12(3)6-10)14(17)9-16-8-11(2)7-15(16)18/h4-6,11H,7-9H2,1-3H3. The van der Waals surface area contributed by atoms with E-state index in [4.69, 9.17) is 0 Å². The van der Waals surface area contributed by atoms with Crippen LogP contribution in [0.4, 0.5) is 0 Å². The van der Waals surface area contributed by atoms with Crippen LogP contribution in [0.3, 0.4) is 0 Å². The number of likely N-dealkylation sites (tertiary alicyclic amines) is 1. The number of hydrogen-bond donors (Lipinski definition) is 0. The second kappa shape index (κ2) is 4.92. The maximum Gasteiger partial charge on any atom is 0.223 e. The predicted molar refractivity (Wildman–Crippen MR) is 70.6 cm³/mol. The summed E-state index contributed by atoms with van der Waals surface area (Å²) in [4.78, 5) is 25.5. The largest absolute Gasteiger partial charge is 0.335 e. The number of aryl methyl sites for hydroxylation is 2. The third-order valence-corrected chi connectivity index (χ3v) is 3.42. The molecule has 0 spiro atoms. The van der Waals surface area contributed by atoms with Crippen LogP contribution >= 0.6 is 0 Å². The van der Waals surface area contributed by atoms with Crippen LogP contribution in [-0.4, -0.2) is 29.7 Å². The van der Waals surface area contributed by atoms with Crippen LogP contribution in [0.1, 0.15) is 34.8 Å². The first-order chi connectivity index (χ1) is 8.47. The fourth-order valence-electron chi connectivity index (χ4n) is 2.51. The first-order valence-electron chi connectivity index (χ1n) is 6.35. The molecular formula is C15H19NO2. The molecule has 0 aromatic heterocycles. The highest BCUT2D eigenvalue weighted by atomic mass is 16.2. The van der Waals surface area contributed by atoms with Crippen molar-refractivity contribution < 1.29 is 9.59 Å². The van der Waals surface area contributed by atoms with Gasteiger partial charge in [-0.2, -0.15) is 0 Å². The number of Topliss-reactive ketones (excluding diaryl/α,β-unsaturated/α-hetero) is 1. The zero-order chi connectivity index (χ0) is 13.3. The van der Waals surface area contributed by atoms with Gasteiger partial charge in [-0.1, -0.05) is 30.7 Å². The van der Waals surface area contributed by atoms with Gasteiger partial charge in [0.05, 0.1) is 6.54 Å². The van der Waals surface area contributed by atoms with Gasteiger partial charge >= 0.3 is 0 Å². The molecular weight excluding hydrogens is 226 g/mol. The average Bonchev–Trinajstić information content (AvgIpc) is 2.57. The number of benzene rings is 1. The van der Waals surface area contributed by atoms with E-state index >= 15 is 0 Å². The Kier molecular flexibility index (Phi) is 3.50. The van der Waals surface area contributed by atoms with E-state index in [0.717, 1.165) is 16.7 Å². The lowest BCUT2D eigenvalue weighted by molar-refractivity contribution is -0.127. The van der Waals surface area contributed by atoms with Crippen LogP contribution in [0.25, 0.3) is 0 Å². The third-order valence-electron chi connectivity index (χ3n) is 3.42. The van der Waals surface area contributed by atoms with E-state index in [1.807, 2.05) is 39.0 Å². The van der Waals surface area contributed by atoms with Crippen molar-refractivity contribution in [1.82, 2.24) is 4.90 Å². The third kappa shape index (κ3) is 2.61. The van der Waals surface area contributed by atoms with Crippen molar-refractivity contribution >= 4 is 11.7 Å². The minimum Gasteiger partial charge on any atom is -0.335 e. The maximum atomic E-state index is 12.2. The summed E-state index contributed by atoms with van der Waals surface area (Å²) in [5.74, 6) is 0.500. The van der Waals surface area contributed by atoms with Gasteiger partial charge in [-0.3, -0.25) is 9.59 Å². The van der Waals surface area contributed by atoms with Crippen molar-refractivity contribution in [2.24, 2.45) is 5.92 Å². The van der Waals surface area contributed by atoms with Crippen molar-refractivity contribution in [1.29, 1.82) is 0 Å². The van der Waals surface area contributed by atoms with Crippen LogP contribution < -0.4 is 0 Å². The lowest BCUT2D eigenvalue weighted by atomic mass is 10.0. The first-order valence-corrected chi connectivity index (χ1v) is 6.35. The molecule has 1 aliphatic rings. The van der Waals surface area contributed by atoms with Crippen LogP contribution in [-0.2, 0) is 4.79 Å². The summed E-state index contributed by atoms with van der Waals surface area (Å²) in [7, 11) is 0. The number of carbonyl (C=O) groups is 2. The molecule has 3 nitrogen and oxygen atoms in total. The van der Waals surface area contributed by atoms with Crippen molar-refractivity contribution in [3.05, 3.63) is 34.9 Å². The zero-order valence-electron chi connectivity index (χ0n) is 11.2. The monoisotopic (exact) mass is 245 g/mol. The number of ketones is 1. The van der Waals surface area contributed by atoms with Gasteiger partial charge in [-0.05, 0) is 25.3 Å². The van der Waals surface area contributed by atoms with E-state index in [1.165, 1.54) is 0 Å². The number of hydrogen-bond acceptors (Lipinski definition) is 2. The van der Waals surface area contributed by atoms with Gasteiger partial charge in [0.1, 0.15) is 0 Å². The maximum absolute atomic E-state index is 12.2. The second-order valence-electron chi connectivity index (χ2n) is 5.33. The average molecular weight is 245 g/mol. The SMILES string of the molecule is Cc1ccc(C(=O)CN2CC(C)CC2=O)c(C)c1. The fourth-order valence-corrected chi connectivity index (χ4v) is 2.51. The van der Waals surface area contributed by atoms with Crippen LogP contribution in [0, 0.1) is 19.8 Å². The molecule has 0 bridgehead atoms. The topological polar surface area (TPSA) is 37.4 Å². The summed E-state index contributed by atoms with van der Waals surface area (Å²) >= 11 is 0. The summed E-state index contributed by atoms with van der Waals surface area (Å²) in [5.41, 5.74) is 2.86. The summed E-state index contributed by atoms with van der Waals surface area (Å²) in [5, 5.41) is 0. The molecule has 1 fully saturated rings. The quantitative estimate of drug-likeness (QED) is 0.767. The Balaban J connectivity index is 2.10. The molecule has 0 saturated carbocycles. The molecule has 2 rings (SSSR count). The normalized spacial score (nSPS) is 19.4. The highest BCUT2D eigenvalue weighted by Gasteiger charge is 2.28. The molecule has 1 saturated heterocycles. The van der Waals surface area contributed by atoms with Crippen molar-refractivity contribution in [2.75, 3.05) is 13.1 Å². The number of amides is 1. The summed E-state index contributed by atoms with van der Waals surface area (Å²) in [6.45, 7) is 6.91. The predicted octanol–water partition coefficient (Wildman–Crippen LogP) is 2.35. The molecule has 0 aliphatic carbocycles. The van der Waals surface area contributed by atoms with Crippen molar-refractivity contribution in [3.8, 4) is 0 Å². The molecule has 1 aromatic carbocycles. The smallest absolute Gasteiger partial charge is 0.223 e. The van der Waals surface area contributed by atoms with E-state index in [9.17, 15) is 9.59 Å². The fraction of sp³-hybridized carbons (Fsp3) is 0.467. The zero-order valence-corrected chi connectivity index (χ0v) is 11.2. The van der Waals surface area contributed by atoms with Gasteiger partial charge in [-0.25, -0.2) is 0 Å². The minimum atomic E-state index is 0.0370. The molecule has 1 amide bonds. The molecule has 1 aliphatic heterocycles. The second-order valence-corrected chi connectivity index (χ2v) is 5.33. The van der Waals surface area contributed by atoms with Gasteiger partial charge in [0.15, 0.2) is 5.78 Å². The molecule has 3 heteroatoms. The van der Waals surface area contributed by atoms with Crippen LogP contribution in [0.2, 0.25) is 0 Å². The van der Waals surface area contributed by atoms with E-state index in [0.29, 0.717) is 18.9 Å². The van der Waals surface area contributed by atoms with Gasteiger partial charge in [0, 0.05) is 18.5 Å². The first kappa shape index (κ1) is 12.8. The van der Waals surface area contributed by atoms with Gasteiger partial charge in [0.2, 0.25) is 5.91 Å². The van der Waals surface area contributed by atoms with E-state index in [2.05, 4.69) is 0 Å². The Bertz CT molecular complexity index is 493. The van der Waals surface area contributed by atoms with Crippen LogP contribution in [0.5, 0.6) is 0 Å². The minimum absolute atomic E-state index is 0.0370. The molecule has 0 radical (unpaired) electrons. The lowest BCUT2D eigenvalue weighted by Crippen LogP contribution is -2.31. The molecule has 1 aromatic rings. The number of carbonyl (C=O) groups excluding carboxylic acids is 2. The Hall–Kier alpha value is -1.64. The molecule has 0 N–H and O–H groups in total. The number of rotatable bonds is 3. The molecule has 1 atom stereocenters. The molecule has 18 heavy (non-hydrogen) atoms. The summed E-state index contributed by atoms with van der Waals surface area (Å²) in [6.07, 6.45) is 0.570. The lowest BCUT2D eigenvalue weighted by Gasteiger charge is -2.16. The Morgan fingerprint density at radius 2 is 2.11 bits per heavy atom. The summed E-state index contributed by atoms with van der Waals surface area (Å²) in [6, 6.07) is 5.80. The van der Waals surface area contributed by atoms with E-state index in [1.54, 1.807) is 4.90 Å². The highest BCUT2D eigenvalue weighted by molar-refractivity contribution is 6.00. The van der Waals surface area contributed by atoms with Crippen molar-refractivity contribution in [3.63, 3.8) is 0 Å². The van der Waals surface area contributed by atoms with Gasteiger partial charge in [0.25, 0.3) is 0 Å². The Morgan fingerprint density at radius 1 is 1.39 bits per heavy atom. The number of nitrogens with zero attached hydrogens (tertiary/aromatic N) is 1. The summed E-state index contributed by atoms with van der Waals surface area (Å²) < 4.78 is 0. The molecule has 96 valence electrons. The van der Waals surface area contributed by atoms with E-state index < -0.39 is 0 Å². The van der Waals surface area contributed by atoms with Crippen molar-refractivity contribution in [2.45, 2.75) is 27.2 Å². The molecule has 1 heterocycles.